The summed E-state index contributed by atoms with van der Waals surface area (Å²) < 4.78 is 12.6. The van der Waals surface area contributed by atoms with Crippen molar-refractivity contribution in [1.82, 2.24) is 0 Å². The van der Waals surface area contributed by atoms with E-state index >= 15 is 0 Å². The van der Waals surface area contributed by atoms with Crippen molar-refractivity contribution in [3.63, 3.8) is 0 Å². The van der Waals surface area contributed by atoms with E-state index in [1.165, 1.54) is 5.56 Å². The van der Waals surface area contributed by atoms with Gasteiger partial charge in [0.25, 0.3) is 0 Å². The zero-order valence-corrected chi connectivity index (χ0v) is 16.4. The van der Waals surface area contributed by atoms with Gasteiger partial charge in [-0.25, -0.2) is 0 Å². The van der Waals surface area contributed by atoms with Crippen LogP contribution in [0, 0.1) is 0 Å². The average molecular weight is 364 g/mol. The Balaban J connectivity index is 0.000000209. The summed E-state index contributed by atoms with van der Waals surface area (Å²) in [4.78, 5) is 11.2. The molecular formula is C23H25O2P. The van der Waals surface area contributed by atoms with E-state index in [4.69, 9.17) is 0 Å². The molecule has 0 unspecified atom stereocenters. The lowest BCUT2D eigenvalue weighted by molar-refractivity contribution is 0.557. The van der Waals surface area contributed by atoms with Crippen LogP contribution in [0.2, 0.25) is 0 Å². The van der Waals surface area contributed by atoms with Crippen LogP contribution in [0.5, 0.6) is 0 Å². The predicted octanol–water partition coefficient (Wildman–Crippen LogP) is 5.17. The van der Waals surface area contributed by atoms with Crippen molar-refractivity contribution in [2.45, 2.75) is 26.2 Å². The smallest absolute Gasteiger partial charge is 0.201 e. The first-order valence-corrected chi connectivity index (χ1v) is 10.4. The highest BCUT2D eigenvalue weighted by molar-refractivity contribution is 7.91. The monoisotopic (exact) mass is 364 g/mol. The van der Waals surface area contributed by atoms with E-state index in [2.05, 4.69) is 51.1 Å². The maximum Gasteiger partial charge on any atom is 0.201 e. The molecule has 26 heavy (non-hydrogen) atoms. The molecule has 0 saturated heterocycles. The van der Waals surface area contributed by atoms with Crippen LogP contribution < -0.4 is 10.6 Å². The van der Waals surface area contributed by atoms with E-state index in [1.54, 1.807) is 48.5 Å². The molecule has 0 atom stereocenters. The number of hydrogen-bond donors (Lipinski definition) is 0. The van der Waals surface area contributed by atoms with Crippen LogP contribution >= 0.6 is 7.14 Å². The molecule has 0 aliphatic heterocycles. The van der Waals surface area contributed by atoms with Crippen molar-refractivity contribution in [3.05, 3.63) is 96.6 Å². The maximum atomic E-state index is 12.6. The topological polar surface area (TPSA) is 34.1 Å². The minimum Gasteiger partial charge on any atom is -0.306 e. The molecule has 3 rings (SSSR count). The second-order valence-electron chi connectivity index (χ2n) is 7.05. The Morgan fingerprint density at radius 3 is 1.27 bits per heavy atom. The third kappa shape index (κ3) is 5.03. The molecular weight excluding hydrogens is 339 g/mol. The molecule has 0 heterocycles. The van der Waals surface area contributed by atoms with E-state index in [0.717, 1.165) is 0 Å². The Hall–Kier alpha value is -2.44. The summed E-state index contributed by atoms with van der Waals surface area (Å²) in [5.74, 6) is 0. The second kappa shape index (κ2) is 8.78. The van der Waals surface area contributed by atoms with Gasteiger partial charge in [-0.3, -0.25) is 4.79 Å². The van der Waals surface area contributed by atoms with Crippen molar-refractivity contribution >= 4 is 23.8 Å². The summed E-state index contributed by atoms with van der Waals surface area (Å²) in [6.07, 6.45) is 0. The Labute approximate surface area is 156 Å². The number of carbonyl (C=O) groups is 1. The summed E-state index contributed by atoms with van der Waals surface area (Å²) in [6.45, 7) is 6.67. The minimum atomic E-state index is -3.09. The summed E-state index contributed by atoms with van der Waals surface area (Å²) in [6, 6.07) is 28.8. The van der Waals surface area contributed by atoms with Gasteiger partial charge in [0.15, 0.2) is 6.03 Å². The Kier molecular flexibility index (Phi) is 6.71. The molecule has 0 fully saturated rings. The Morgan fingerprint density at radius 1 is 0.654 bits per heavy atom. The molecule has 0 saturated carbocycles. The molecule has 134 valence electrons. The third-order valence-corrected chi connectivity index (χ3v) is 6.50. The molecule has 3 aromatic rings. The minimum absolute atomic E-state index is 0.293. The average Bonchev–Trinajstić information content (AvgIpc) is 2.69. The number of hydrogen-bond acceptors (Lipinski definition) is 2. The van der Waals surface area contributed by atoms with Gasteiger partial charge in [0.05, 0.1) is 0 Å². The van der Waals surface area contributed by atoms with Crippen molar-refractivity contribution in [2.24, 2.45) is 0 Å². The van der Waals surface area contributed by atoms with Gasteiger partial charge in [-0.1, -0.05) is 112 Å². The van der Waals surface area contributed by atoms with Crippen LogP contribution in [0.1, 0.15) is 26.3 Å². The normalized spacial score (nSPS) is 11.2. The van der Waals surface area contributed by atoms with Crippen LogP contribution in [0.25, 0.3) is 0 Å². The number of benzene rings is 3. The first-order chi connectivity index (χ1) is 12.4. The van der Waals surface area contributed by atoms with Gasteiger partial charge in [0.2, 0.25) is 7.14 Å². The number of carbonyl (C=O) groups excluding carboxylic acids is 1. The molecule has 0 aliphatic carbocycles. The molecule has 0 radical (unpaired) electrons. The standard InChI is InChI=1S/C13H11O2P.C10H14/c14-11-16(15,12-7-3-1-4-8-12)13-9-5-2-6-10-13;1-10(2,3)9-7-5-4-6-8-9/h1-11H;4-8H,1-3H3. The molecule has 0 N–H and O–H groups in total. The molecule has 0 bridgehead atoms. The first kappa shape index (κ1) is 19.9. The molecule has 2 nitrogen and oxygen atoms in total. The largest absolute Gasteiger partial charge is 0.306 e. The predicted molar refractivity (Wildman–Crippen MR) is 112 cm³/mol. The highest BCUT2D eigenvalue weighted by Crippen LogP contribution is 2.39. The summed E-state index contributed by atoms with van der Waals surface area (Å²) in [5, 5.41) is 1.16. The molecule has 3 heteroatoms. The fourth-order valence-corrected chi connectivity index (χ4v) is 4.28. The lowest BCUT2D eigenvalue weighted by atomic mass is 9.87. The zero-order chi connectivity index (χ0) is 19.0. The van der Waals surface area contributed by atoms with E-state index in [9.17, 15) is 9.36 Å². The zero-order valence-electron chi connectivity index (χ0n) is 15.5. The van der Waals surface area contributed by atoms with Crippen LogP contribution in [0.15, 0.2) is 91.0 Å². The van der Waals surface area contributed by atoms with E-state index in [-0.39, 0.29) is 0 Å². The van der Waals surface area contributed by atoms with Crippen molar-refractivity contribution < 1.29 is 9.36 Å². The highest BCUT2D eigenvalue weighted by Gasteiger charge is 2.25. The summed E-state index contributed by atoms with van der Waals surface area (Å²) >= 11 is 0. The fourth-order valence-electron chi connectivity index (χ4n) is 2.51. The van der Waals surface area contributed by atoms with Crippen molar-refractivity contribution in [1.29, 1.82) is 0 Å². The van der Waals surface area contributed by atoms with Crippen LogP contribution in [-0.4, -0.2) is 6.03 Å². The van der Waals surface area contributed by atoms with Gasteiger partial charge in [-0.15, -0.1) is 0 Å². The van der Waals surface area contributed by atoms with Crippen molar-refractivity contribution in [3.8, 4) is 0 Å². The maximum absolute atomic E-state index is 12.6. The third-order valence-electron chi connectivity index (χ3n) is 4.07. The van der Waals surface area contributed by atoms with Crippen LogP contribution in [0.4, 0.5) is 0 Å². The van der Waals surface area contributed by atoms with Crippen LogP contribution in [0.3, 0.4) is 0 Å². The SMILES string of the molecule is CC(C)(C)c1ccccc1.O=CP(=O)(c1ccccc1)c1ccccc1. The van der Waals surface area contributed by atoms with Gasteiger partial charge in [0.1, 0.15) is 0 Å². The van der Waals surface area contributed by atoms with Gasteiger partial charge >= 0.3 is 0 Å². The summed E-state index contributed by atoms with van der Waals surface area (Å²) in [5.41, 5.74) is 1.69. The van der Waals surface area contributed by atoms with Gasteiger partial charge in [-0.2, -0.15) is 0 Å². The van der Waals surface area contributed by atoms with Gasteiger partial charge in [-0.05, 0) is 11.0 Å². The van der Waals surface area contributed by atoms with E-state index < -0.39 is 7.14 Å². The van der Waals surface area contributed by atoms with Gasteiger partial charge in [0, 0.05) is 10.6 Å². The van der Waals surface area contributed by atoms with Gasteiger partial charge < -0.3 is 4.57 Å². The Morgan fingerprint density at radius 2 is 1.00 bits per heavy atom. The molecule has 0 amide bonds. The van der Waals surface area contributed by atoms with Crippen molar-refractivity contribution in [2.75, 3.05) is 0 Å². The molecule has 0 aromatic heterocycles. The molecule has 0 aliphatic rings. The summed E-state index contributed by atoms with van der Waals surface area (Å²) in [7, 11) is -3.09. The molecule has 3 aromatic carbocycles. The lowest BCUT2D eigenvalue weighted by Crippen LogP contribution is -2.16. The second-order valence-corrected chi connectivity index (χ2v) is 9.61. The van der Waals surface area contributed by atoms with E-state index in [1.807, 2.05) is 12.1 Å². The number of rotatable bonds is 3. The quantitative estimate of drug-likeness (QED) is 0.474. The Bertz CT molecular complexity index is 807. The first-order valence-electron chi connectivity index (χ1n) is 8.61. The molecule has 0 spiro atoms. The fraction of sp³-hybridized carbons (Fsp3) is 0.174. The lowest BCUT2D eigenvalue weighted by Gasteiger charge is -2.18. The van der Waals surface area contributed by atoms with E-state index in [0.29, 0.717) is 22.1 Å². The highest BCUT2D eigenvalue weighted by atomic mass is 31.2. The van der Waals surface area contributed by atoms with Crippen LogP contribution in [-0.2, 0) is 14.8 Å².